The normalized spacial score (nSPS) is 11.5. The molecule has 2 nitrogen and oxygen atoms in total. The van der Waals surface area contributed by atoms with E-state index in [0.29, 0.717) is 9.79 Å². The Morgan fingerprint density at radius 3 is 1.88 bits per heavy atom. The van der Waals surface area contributed by atoms with Crippen LogP contribution in [0, 0.1) is 0 Å². The summed E-state index contributed by atoms with van der Waals surface area (Å²) in [5.41, 5.74) is 1.65. The van der Waals surface area contributed by atoms with Gasteiger partial charge in [-0.25, -0.2) is 8.42 Å². The fourth-order valence-electron chi connectivity index (χ4n) is 3.10. The number of hydrogen-bond acceptors (Lipinski definition) is 2. The van der Waals surface area contributed by atoms with Gasteiger partial charge in [-0.15, -0.1) is 0 Å². The molecule has 0 saturated heterocycles. The third-order valence-corrected chi connectivity index (χ3v) is 6.11. The van der Waals surface area contributed by atoms with E-state index < -0.39 is 9.84 Å². The predicted octanol–water partition coefficient (Wildman–Crippen LogP) is 5.34. The third kappa shape index (κ3) is 2.73. The highest BCUT2D eigenvalue weighted by Gasteiger charge is 2.23. The number of rotatable bonds is 3. The van der Waals surface area contributed by atoms with Gasteiger partial charge in [0.25, 0.3) is 0 Å². The van der Waals surface area contributed by atoms with E-state index in [-0.39, 0.29) is 0 Å². The molecule has 4 aromatic carbocycles. The van der Waals surface area contributed by atoms with Crippen molar-refractivity contribution in [3.8, 4) is 11.1 Å². The molecule has 0 atom stereocenters. The molecule has 122 valence electrons. The SMILES string of the molecule is O=S(=O)(c1ccccc1)c1ccc2ccccc2c1-c1ccccc1. The fourth-order valence-corrected chi connectivity index (χ4v) is 4.62. The lowest BCUT2D eigenvalue weighted by atomic mass is 9.98. The average Bonchev–Trinajstić information content (AvgIpc) is 2.68. The number of hydrogen-bond donors (Lipinski definition) is 0. The molecule has 0 bridgehead atoms. The van der Waals surface area contributed by atoms with Gasteiger partial charge < -0.3 is 0 Å². The molecular weight excluding hydrogens is 328 g/mol. The molecule has 0 radical (unpaired) electrons. The second-order valence-corrected chi connectivity index (χ2v) is 7.76. The van der Waals surface area contributed by atoms with Gasteiger partial charge in [0.05, 0.1) is 9.79 Å². The maximum atomic E-state index is 13.3. The molecule has 4 aromatic rings. The van der Waals surface area contributed by atoms with Crippen molar-refractivity contribution in [3.63, 3.8) is 0 Å². The van der Waals surface area contributed by atoms with Crippen LogP contribution in [-0.2, 0) is 9.84 Å². The fraction of sp³-hybridized carbons (Fsp3) is 0. The average molecular weight is 344 g/mol. The summed E-state index contributed by atoms with van der Waals surface area (Å²) in [7, 11) is -3.61. The van der Waals surface area contributed by atoms with Crippen molar-refractivity contribution in [1.82, 2.24) is 0 Å². The Labute approximate surface area is 147 Å². The van der Waals surface area contributed by atoms with Crippen LogP contribution in [0.3, 0.4) is 0 Å². The minimum absolute atomic E-state index is 0.308. The Bertz CT molecular complexity index is 1130. The van der Waals surface area contributed by atoms with Gasteiger partial charge >= 0.3 is 0 Å². The number of sulfone groups is 1. The Morgan fingerprint density at radius 2 is 1.16 bits per heavy atom. The van der Waals surface area contributed by atoms with E-state index in [1.165, 1.54) is 0 Å². The molecule has 0 amide bonds. The van der Waals surface area contributed by atoms with Crippen molar-refractivity contribution in [3.05, 3.63) is 97.1 Å². The standard InChI is InChI=1S/C22H16O2S/c23-25(24,19-12-5-2-6-13-19)21-16-15-17-9-7-8-14-20(17)22(21)18-10-3-1-4-11-18/h1-16H. The van der Waals surface area contributed by atoms with Crippen molar-refractivity contribution in [2.45, 2.75) is 9.79 Å². The molecule has 0 aliphatic heterocycles. The Hall–Kier alpha value is -2.91. The van der Waals surface area contributed by atoms with Gasteiger partial charge in [-0.2, -0.15) is 0 Å². The lowest BCUT2D eigenvalue weighted by molar-refractivity contribution is 0.596. The summed E-state index contributed by atoms with van der Waals surface area (Å²) >= 11 is 0. The summed E-state index contributed by atoms with van der Waals surface area (Å²) in [6.07, 6.45) is 0. The molecule has 25 heavy (non-hydrogen) atoms. The first-order valence-electron chi connectivity index (χ1n) is 8.05. The van der Waals surface area contributed by atoms with Crippen LogP contribution in [0.4, 0.5) is 0 Å². The summed E-state index contributed by atoms with van der Waals surface area (Å²) in [4.78, 5) is 0.645. The molecule has 0 saturated carbocycles. The first-order chi connectivity index (χ1) is 12.2. The number of fused-ring (bicyclic) bond motifs is 1. The highest BCUT2D eigenvalue weighted by atomic mass is 32.2. The van der Waals surface area contributed by atoms with E-state index in [1.807, 2.05) is 66.7 Å². The van der Waals surface area contributed by atoms with Crippen molar-refractivity contribution in [2.75, 3.05) is 0 Å². The van der Waals surface area contributed by atoms with Gasteiger partial charge in [-0.05, 0) is 34.5 Å². The zero-order valence-electron chi connectivity index (χ0n) is 13.5. The molecule has 0 N–H and O–H groups in total. The Kier molecular flexibility index (Phi) is 3.86. The van der Waals surface area contributed by atoms with E-state index >= 15 is 0 Å². The van der Waals surface area contributed by atoms with Crippen LogP contribution in [0.1, 0.15) is 0 Å². The largest absolute Gasteiger partial charge is 0.218 e. The molecular formula is C22H16O2S. The highest BCUT2D eigenvalue weighted by Crippen LogP contribution is 2.37. The third-order valence-electron chi connectivity index (χ3n) is 4.30. The summed E-state index contributed by atoms with van der Waals surface area (Å²) in [5, 5.41) is 1.96. The predicted molar refractivity (Wildman–Crippen MR) is 101 cm³/mol. The topological polar surface area (TPSA) is 34.1 Å². The lowest BCUT2D eigenvalue weighted by Crippen LogP contribution is -2.04. The zero-order chi connectivity index (χ0) is 17.3. The molecule has 0 unspecified atom stereocenters. The summed E-state index contributed by atoms with van der Waals surface area (Å²) in [5.74, 6) is 0. The molecule has 0 fully saturated rings. The lowest BCUT2D eigenvalue weighted by Gasteiger charge is -2.14. The smallest absolute Gasteiger partial charge is 0.207 e. The maximum absolute atomic E-state index is 13.3. The van der Waals surface area contributed by atoms with Gasteiger partial charge in [-0.3, -0.25) is 0 Å². The molecule has 0 aromatic heterocycles. The maximum Gasteiger partial charge on any atom is 0.207 e. The van der Waals surface area contributed by atoms with Gasteiger partial charge in [0, 0.05) is 5.56 Å². The first-order valence-corrected chi connectivity index (χ1v) is 9.53. The van der Waals surface area contributed by atoms with E-state index in [9.17, 15) is 8.42 Å². The van der Waals surface area contributed by atoms with Crippen molar-refractivity contribution >= 4 is 20.6 Å². The molecule has 3 heteroatoms. The van der Waals surface area contributed by atoms with Crippen LogP contribution in [-0.4, -0.2) is 8.42 Å². The van der Waals surface area contributed by atoms with E-state index in [2.05, 4.69) is 0 Å². The molecule has 0 spiro atoms. The van der Waals surface area contributed by atoms with E-state index in [1.54, 1.807) is 30.3 Å². The van der Waals surface area contributed by atoms with Crippen LogP contribution in [0.5, 0.6) is 0 Å². The molecule has 4 rings (SSSR count). The quantitative estimate of drug-likeness (QED) is 0.503. The Morgan fingerprint density at radius 1 is 0.560 bits per heavy atom. The van der Waals surface area contributed by atoms with Crippen LogP contribution in [0.15, 0.2) is 107 Å². The van der Waals surface area contributed by atoms with Crippen LogP contribution in [0.2, 0.25) is 0 Å². The van der Waals surface area contributed by atoms with Crippen molar-refractivity contribution in [2.24, 2.45) is 0 Å². The van der Waals surface area contributed by atoms with E-state index in [4.69, 9.17) is 0 Å². The molecule has 0 heterocycles. The molecule has 0 aliphatic carbocycles. The second kappa shape index (κ2) is 6.19. The van der Waals surface area contributed by atoms with Gasteiger partial charge in [0.2, 0.25) is 9.84 Å². The summed E-state index contributed by atoms with van der Waals surface area (Å²) in [6.45, 7) is 0. The highest BCUT2D eigenvalue weighted by molar-refractivity contribution is 7.91. The van der Waals surface area contributed by atoms with Crippen LogP contribution < -0.4 is 0 Å². The van der Waals surface area contributed by atoms with Gasteiger partial charge in [-0.1, -0.05) is 78.9 Å². The van der Waals surface area contributed by atoms with E-state index in [0.717, 1.165) is 21.9 Å². The minimum atomic E-state index is -3.61. The molecule has 0 aliphatic rings. The van der Waals surface area contributed by atoms with Gasteiger partial charge in [0.1, 0.15) is 0 Å². The van der Waals surface area contributed by atoms with Crippen molar-refractivity contribution < 1.29 is 8.42 Å². The van der Waals surface area contributed by atoms with Crippen molar-refractivity contribution in [1.29, 1.82) is 0 Å². The first kappa shape index (κ1) is 15.6. The zero-order valence-corrected chi connectivity index (χ0v) is 14.3. The van der Waals surface area contributed by atoms with Gasteiger partial charge in [0.15, 0.2) is 0 Å². The second-order valence-electron chi connectivity index (χ2n) is 5.84. The summed E-state index contributed by atoms with van der Waals surface area (Å²) < 4.78 is 26.5. The van der Waals surface area contributed by atoms with Crippen LogP contribution >= 0.6 is 0 Å². The summed E-state index contributed by atoms with van der Waals surface area (Å²) in [6, 6.07) is 29.7. The monoisotopic (exact) mass is 344 g/mol. The minimum Gasteiger partial charge on any atom is -0.218 e. The number of benzene rings is 4. The van der Waals surface area contributed by atoms with Crippen LogP contribution in [0.25, 0.3) is 21.9 Å². The Balaban J connectivity index is 2.09.